The number of pyridine rings is 1. The van der Waals surface area contributed by atoms with Gasteiger partial charge in [0.05, 0.1) is 11.4 Å². The van der Waals surface area contributed by atoms with E-state index in [0.29, 0.717) is 43.0 Å². The molecule has 4 N–H and O–H groups in total. The number of benzene rings is 1. The Morgan fingerprint density at radius 2 is 1.54 bits per heavy atom. The normalized spacial score (nSPS) is 22.2. The molecule has 3 amide bonds. The molecule has 0 unspecified atom stereocenters. The van der Waals surface area contributed by atoms with Gasteiger partial charge in [0.15, 0.2) is 0 Å². The largest absolute Gasteiger partial charge is 0.366 e. The van der Waals surface area contributed by atoms with Crippen molar-refractivity contribution in [3.63, 3.8) is 0 Å². The summed E-state index contributed by atoms with van der Waals surface area (Å²) in [5.74, 6) is 0.0517. The lowest BCUT2D eigenvalue weighted by Gasteiger charge is -2.39. The molecule has 2 saturated carbocycles. The Kier molecular flexibility index (Phi) is 7.69. The number of carbonyl (C=O) groups is 3. The van der Waals surface area contributed by atoms with Gasteiger partial charge in [-0.3, -0.25) is 19.4 Å². The molecule has 0 bridgehead atoms. The number of hydrogen-bond acceptors (Lipinski definition) is 6. The molecule has 1 saturated heterocycles. The van der Waals surface area contributed by atoms with Crippen molar-refractivity contribution in [3.8, 4) is 0 Å². The molecule has 1 aromatic heterocycles. The molecule has 3 aliphatic rings. The van der Waals surface area contributed by atoms with E-state index in [1.165, 1.54) is 0 Å². The standard InChI is InChI=1S/C28H36N6O3/c29-22-5-7-23(8-6-22)31-27(36)21-4-9-25(24(18-21)32-26(35)19-10-12-30-13-11-19)33-14-16-34(17-15-33)28(37)20-2-1-3-20/h4,9-13,18,20,22-23H,1-3,5-8,14-17,29H2,(H,31,36)(H,32,35). The van der Waals surface area contributed by atoms with Crippen LogP contribution in [0.25, 0.3) is 0 Å². The molecule has 0 atom stereocenters. The fraction of sp³-hybridized carbons (Fsp3) is 0.500. The molecular weight excluding hydrogens is 468 g/mol. The second kappa shape index (κ2) is 11.3. The predicted molar refractivity (Wildman–Crippen MR) is 142 cm³/mol. The molecule has 3 fully saturated rings. The molecule has 2 heterocycles. The van der Waals surface area contributed by atoms with E-state index in [1.807, 2.05) is 17.0 Å². The van der Waals surface area contributed by atoms with Crippen molar-refractivity contribution in [1.82, 2.24) is 15.2 Å². The van der Waals surface area contributed by atoms with Crippen molar-refractivity contribution in [2.75, 3.05) is 36.4 Å². The van der Waals surface area contributed by atoms with Crippen molar-refractivity contribution in [1.29, 1.82) is 0 Å². The van der Waals surface area contributed by atoms with Crippen LogP contribution < -0.4 is 21.3 Å². The van der Waals surface area contributed by atoms with Crippen LogP contribution in [-0.2, 0) is 4.79 Å². The summed E-state index contributed by atoms with van der Waals surface area (Å²) in [5, 5.41) is 6.15. The zero-order valence-electron chi connectivity index (χ0n) is 21.2. The third-order valence-electron chi connectivity index (χ3n) is 7.94. The average molecular weight is 505 g/mol. The number of nitrogens with one attached hydrogen (secondary N) is 2. The number of piperazine rings is 1. The summed E-state index contributed by atoms with van der Waals surface area (Å²) in [7, 11) is 0. The van der Waals surface area contributed by atoms with E-state index in [1.54, 1.807) is 30.6 Å². The molecule has 2 aromatic rings. The monoisotopic (exact) mass is 504 g/mol. The summed E-state index contributed by atoms with van der Waals surface area (Å²) in [5.41, 5.74) is 8.43. The third kappa shape index (κ3) is 5.93. The molecular formula is C28H36N6O3. The van der Waals surface area contributed by atoms with Crippen molar-refractivity contribution in [2.24, 2.45) is 11.7 Å². The van der Waals surface area contributed by atoms with Crippen LogP contribution >= 0.6 is 0 Å². The highest BCUT2D eigenvalue weighted by Gasteiger charge is 2.32. The molecule has 2 aliphatic carbocycles. The molecule has 0 radical (unpaired) electrons. The molecule has 0 spiro atoms. The first-order chi connectivity index (χ1) is 18.0. The lowest BCUT2D eigenvalue weighted by atomic mass is 9.84. The van der Waals surface area contributed by atoms with E-state index in [9.17, 15) is 14.4 Å². The summed E-state index contributed by atoms with van der Waals surface area (Å²) in [6.07, 6.45) is 9.87. The highest BCUT2D eigenvalue weighted by Crippen LogP contribution is 2.31. The molecule has 1 aliphatic heterocycles. The average Bonchev–Trinajstić information content (AvgIpc) is 2.89. The zero-order chi connectivity index (χ0) is 25.8. The summed E-state index contributed by atoms with van der Waals surface area (Å²) in [6.45, 7) is 2.65. The quantitative estimate of drug-likeness (QED) is 0.556. The van der Waals surface area contributed by atoms with Crippen LogP contribution in [0.1, 0.15) is 65.7 Å². The van der Waals surface area contributed by atoms with E-state index >= 15 is 0 Å². The third-order valence-corrected chi connectivity index (χ3v) is 7.94. The Hall–Kier alpha value is -3.46. The summed E-state index contributed by atoms with van der Waals surface area (Å²) in [4.78, 5) is 46.9. The van der Waals surface area contributed by atoms with Crippen LogP contribution in [0.5, 0.6) is 0 Å². The molecule has 196 valence electrons. The number of nitrogens with zero attached hydrogens (tertiary/aromatic N) is 3. The molecule has 37 heavy (non-hydrogen) atoms. The first kappa shape index (κ1) is 25.2. The minimum atomic E-state index is -0.263. The lowest BCUT2D eigenvalue weighted by molar-refractivity contribution is -0.138. The van der Waals surface area contributed by atoms with Gasteiger partial charge in [-0.1, -0.05) is 6.42 Å². The predicted octanol–water partition coefficient (Wildman–Crippen LogP) is 2.78. The number of aromatic nitrogens is 1. The van der Waals surface area contributed by atoms with Gasteiger partial charge >= 0.3 is 0 Å². The maximum atomic E-state index is 13.1. The Bertz CT molecular complexity index is 1120. The minimum Gasteiger partial charge on any atom is -0.366 e. The van der Waals surface area contributed by atoms with Gasteiger partial charge < -0.3 is 26.2 Å². The smallest absolute Gasteiger partial charge is 0.255 e. The van der Waals surface area contributed by atoms with E-state index < -0.39 is 0 Å². The van der Waals surface area contributed by atoms with Crippen LogP contribution in [0.3, 0.4) is 0 Å². The SMILES string of the molecule is NC1CCC(NC(=O)c2ccc(N3CCN(C(=O)C4CCC4)CC3)c(NC(=O)c3ccncc3)c2)CC1. The number of amides is 3. The van der Waals surface area contributed by atoms with Gasteiger partial charge in [0, 0.05) is 67.7 Å². The molecule has 9 heteroatoms. The first-order valence-corrected chi connectivity index (χ1v) is 13.4. The molecule has 1 aromatic carbocycles. The maximum absolute atomic E-state index is 13.1. The van der Waals surface area contributed by atoms with Gasteiger partial charge in [-0.25, -0.2) is 0 Å². The Balaban J connectivity index is 1.32. The minimum absolute atomic E-state index is 0.114. The van der Waals surface area contributed by atoms with Crippen LogP contribution in [0.4, 0.5) is 11.4 Å². The lowest BCUT2D eigenvalue weighted by Crippen LogP contribution is -2.51. The van der Waals surface area contributed by atoms with E-state index in [0.717, 1.165) is 50.6 Å². The van der Waals surface area contributed by atoms with E-state index in [2.05, 4.69) is 20.5 Å². The summed E-state index contributed by atoms with van der Waals surface area (Å²) in [6, 6.07) is 9.11. The summed E-state index contributed by atoms with van der Waals surface area (Å²) >= 11 is 0. The van der Waals surface area contributed by atoms with E-state index in [-0.39, 0.29) is 35.7 Å². The van der Waals surface area contributed by atoms with Gasteiger partial charge in [-0.15, -0.1) is 0 Å². The topological polar surface area (TPSA) is 121 Å². The van der Waals surface area contributed by atoms with Crippen LogP contribution in [-0.4, -0.2) is 65.9 Å². The Morgan fingerprint density at radius 1 is 0.838 bits per heavy atom. The first-order valence-electron chi connectivity index (χ1n) is 13.4. The number of nitrogens with two attached hydrogens (primary N) is 1. The van der Waals surface area contributed by atoms with Crippen molar-refractivity contribution < 1.29 is 14.4 Å². The van der Waals surface area contributed by atoms with Gasteiger partial charge in [0.2, 0.25) is 5.91 Å². The highest BCUT2D eigenvalue weighted by atomic mass is 16.2. The molecule has 9 nitrogen and oxygen atoms in total. The maximum Gasteiger partial charge on any atom is 0.255 e. The van der Waals surface area contributed by atoms with Crippen LogP contribution in [0.2, 0.25) is 0 Å². The van der Waals surface area contributed by atoms with E-state index in [4.69, 9.17) is 5.73 Å². The van der Waals surface area contributed by atoms with Crippen LogP contribution in [0, 0.1) is 5.92 Å². The number of rotatable bonds is 6. The van der Waals surface area contributed by atoms with Crippen molar-refractivity contribution in [2.45, 2.75) is 57.0 Å². The van der Waals surface area contributed by atoms with Crippen molar-refractivity contribution in [3.05, 3.63) is 53.9 Å². The fourth-order valence-corrected chi connectivity index (χ4v) is 5.36. The van der Waals surface area contributed by atoms with Crippen molar-refractivity contribution >= 4 is 29.1 Å². The van der Waals surface area contributed by atoms with Gasteiger partial charge in [-0.2, -0.15) is 0 Å². The highest BCUT2D eigenvalue weighted by molar-refractivity contribution is 6.07. The Morgan fingerprint density at radius 3 is 2.19 bits per heavy atom. The van der Waals surface area contributed by atoms with Gasteiger partial charge in [-0.05, 0) is 68.9 Å². The van der Waals surface area contributed by atoms with Crippen LogP contribution in [0.15, 0.2) is 42.7 Å². The second-order valence-corrected chi connectivity index (χ2v) is 10.4. The van der Waals surface area contributed by atoms with Gasteiger partial charge in [0.25, 0.3) is 11.8 Å². The number of carbonyl (C=O) groups excluding carboxylic acids is 3. The number of anilines is 2. The second-order valence-electron chi connectivity index (χ2n) is 10.4. The number of hydrogen-bond donors (Lipinski definition) is 3. The fourth-order valence-electron chi connectivity index (χ4n) is 5.36. The Labute approximate surface area is 217 Å². The van der Waals surface area contributed by atoms with Gasteiger partial charge in [0.1, 0.15) is 0 Å². The molecule has 5 rings (SSSR count). The summed E-state index contributed by atoms with van der Waals surface area (Å²) < 4.78 is 0. The zero-order valence-corrected chi connectivity index (χ0v) is 21.2.